The maximum atomic E-state index is 5.66. The molecule has 0 heterocycles. The van der Waals surface area contributed by atoms with Crippen LogP contribution in [0.4, 0.5) is 0 Å². The number of methoxy groups -OCH3 is 1. The van der Waals surface area contributed by atoms with E-state index in [1.165, 1.54) is 0 Å². The minimum Gasteiger partial charge on any atom is -0.497 e. The Balaban J connectivity index is 2.74. The van der Waals surface area contributed by atoms with Crippen LogP contribution >= 0.6 is 0 Å². The van der Waals surface area contributed by atoms with Crippen LogP contribution < -0.4 is 4.74 Å². The lowest BCUT2D eigenvalue weighted by molar-refractivity contribution is 0.0766. The predicted octanol–water partition coefficient (Wildman–Crippen LogP) is 3.52. The lowest BCUT2D eigenvalue weighted by Crippen LogP contribution is -2.03. The van der Waals surface area contributed by atoms with Crippen molar-refractivity contribution in [2.45, 2.75) is 12.5 Å². The summed E-state index contributed by atoms with van der Waals surface area (Å²) < 4.78 is 10.8. The summed E-state index contributed by atoms with van der Waals surface area (Å²) in [5.41, 5.74) is 1.13. The zero-order chi connectivity index (χ0) is 11.8. The molecule has 0 radical (unpaired) electrons. The van der Waals surface area contributed by atoms with Gasteiger partial charge in [-0.25, -0.2) is 0 Å². The van der Waals surface area contributed by atoms with Crippen LogP contribution in [0, 0.1) is 0 Å². The van der Waals surface area contributed by atoms with Gasteiger partial charge in [0.05, 0.1) is 19.8 Å². The molecule has 2 heteroatoms. The van der Waals surface area contributed by atoms with E-state index in [1.54, 1.807) is 13.2 Å². The fraction of sp³-hybridized carbons (Fsp3) is 0.286. The minimum absolute atomic E-state index is 0.0430. The summed E-state index contributed by atoms with van der Waals surface area (Å²) in [5.74, 6) is 0.852. The van der Waals surface area contributed by atoms with Gasteiger partial charge in [-0.05, 0) is 24.1 Å². The Morgan fingerprint density at radius 1 is 1.19 bits per heavy atom. The van der Waals surface area contributed by atoms with Crippen molar-refractivity contribution in [1.82, 2.24) is 0 Å². The molecule has 0 saturated carbocycles. The molecule has 16 heavy (non-hydrogen) atoms. The first-order chi connectivity index (χ1) is 7.81. The molecule has 1 rings (SSSR count). The molecule has 0 aliphatic rings. The molecule has 0 aliphatic heterocycles. The molecule has 0 unspecified atom stereocenters. The highest BCUT2D eigenvalue weighted by Gasteiger charge is 2.09. The van der Waals surface area contributed by atoms with Gasteiger partial charge in [-0.15, -0.1) is 13.2 Å². The van der Waals surface area contributed by atoms with Gasteiger partial charge in [-0.3, -0.25) is 0 Å². The summed E-state index contributed by atoms with van der Waals surface area (Å²) in [6, 6.07) is 7.89. The fourth-order valence-electron chi connectivity index (χ4n) is 1.45. The SMILES string of the molecule is C=CCO[C@@H](CC=C)c1ccc(OC)cc1. The van der Waals surface area contributed by atoms with Crippen molar-refractivity contribution in [3.05, 3.63) is 55.1 Å². The Bertz CT molecular complexity index is 327. The molecular formula is C14H18O2. The Kier molecular flexibility index (Phi) is 5.37. The molecule has 0 amide bonds. The highest BCUT2D eigenvalue weighted by atomic mass is 16.5. The van der Waals surface area contributed by atoms with Gasteiger partial charge in [0.25, 0.3) is 0 Å². The van der Waals surface area contributed by atoms with Crippen molar-refractivity contribution >= 4 is 0 Å². The molecule has 0 aromatic heterocycles. The molecule has 1 aromatic rings. The molecule has 1 atom stereocenters. The molecule has 0 spiro atoms. The monoisotopic (exact) mass is 218 g/mol. The molecule has 0 bridgehead atoms. The standard InChI is InChI=1S/C14H18O2/c1-4-6-14(16-11-5-2)12-7-9-13(15-3)10-8-12/h4-5,7-10,14H,1-2,6,11H2,3H3/t14-/m0/s1. The van der Waals surface area contributed by atoms with Gasteiger partial charge in [0, 0.05) is 0 Å². The van der Waals surface area contributed by atoms with Crippen molar-refractivity contribution in [1.29, 1.82) is 0 Å². The maximum absolute atomic E-state index is 5.66. The van der Waals surface area contributed by atoms with Crippen molar-refractivity contribution in [2.24, 2.45) is 0 Å². The van der Waals surface area contributed by atoms with Crippen LogP contribution in [0.15, 0.2) is 49.6 Å². The van der Waals surface area contributed by atoms with Crippen molar-refractivity contribution in [3.63, 3.8) is 0 Å². The molecule has 1 aromatic carbocycles. The lowest BCUT2D eigenvalue weighted by Gasteiger charge is -2.16. The van der Waals surface area contributed by atoms with Crippen LogP contribution in [-0.4, -0.2) is 13.7 Å². The number of ether oxygens (including phenoxy) is 2. The summed E-state index contributed by atoms with van der Waals surface area (Å²) in [6.07, 6.45) is 4.44. The van der Waals surface area contributed by atoms with Crippen LogP contribution in [-0.2, 0) is 4.74 Å². The van der Waals surface area contributed by atoms with Gasteiger partial charge >= 0.3 is 0 Å². The number of hydrogen-bond donors (Lipinski definition) is 0. The van der Waals surface area contributed by atoms with Gasteiger partial charge in [-0.1, -0.05) is 24.3 Å². The molecule has 0 saturated heterocycles. The summed E-state index contributed by atoms with van der Waals surface area (Å²) >= 11 is 0. The van der Waals surface area contributed by atoms with Crippen molar-refractivity contribution in [2.75, 3.05) is 13.7 Å². The molecule has 0 N–H and O–H groups in total. The Morgan fingerprint density at radius 2 is 1.88 bits per heavy atom. The zero-order valence-electron chi connectivity index (χ0n) is 9.69. The van der Waals surface area contributed by atoms with Gasteiger partial charge in [0.15, 0.2) is 0 Å². The Morgan fingerprint density at radius 3 is 2.38 bits per heavy atom. The Labute approximate surface area is 97.2 Å². The topological polar surface area (TPSA) is 18.5 Å². The van der Waals surface area contributed by atoms with E-state index in [0.29, 0.717) is 6.61 Å². The van der Waals surface area contributed by atoms with E-state index < -0.39 is 0 Å². The zero-order valence-corrected chi connectivity index (χ0v) is 9.69. The summed E-state index contributed by atoms with van der Waals surface area (Å²) in [6.45, 7) is 7.93. The van der Waals surface area contributed by atoms with E-state index in [4.69, 9.17) is 9.47 Å². The van der Waals surface area contributed by atoms with Crippen LogP contribution in [0.2, 0.25) is 0 Å². The second-order valence-corrected chi connectivity index (χ2v) is 3.41. The van der Waals surface area contributed by atoms with E-state index in [1.807, 2.05) is 30.3 Å². The number of benzene rings is 1. The highest BCUT2D eigenvalue weighted by molar-refractivity contribution is 5.28. The average molecular weight is 218 g/mol. The average Bonchev–Trinajstić information content (AvgIpc) is 2.35. The van der Waals surface area contributed by atoms with Crippen LogP contribution in [0.3, 0.4) is 0 Å². The van der Waals surface area contributed by atoms with Crippen molar-refractivity contribution < 1.29 is 9.47 Å². The normalized spacial score (nSPS) is 11.8. The van der Waals surface area contributed by atoms with E-state index >= 15 is 0 Å². The van der Waals surface area contributed by atoms with Crippen LogP contribution in [0.1, 0.15) is 18.1 Å². The Hall–Kier alpha value is -1.54. The van der Waals surface area contributed by atoms with E-state index in [9.17, 15) is 0 Å². The van der Waals surface area contributed by atoms with E-state index in [-0.39, 0.29) is 6.10 Å². The first kappa shape index (κ1) is 12.5. The molecular weight excluding hydrogens is 200 g/mol. The molecule has 2 nitrogen and oxygen atoms in total. The van der Waals surface area contributed by atoms with Gasteiger partial charge in [-0.2, -0.15) is 0 Å². The smallest absolute Gasteiger partial charge is 0.118 e. The second kappa shape index (κ2) is 6.85. The summed E-state index contributed by atoms with van der Waals surface area (Å²) in [4.78, 5) is 0. The highest BCUT2D eigenvalue weighted by Crippen LogP contribution is 2.23. The van der Waals surface area contributed by atoms with Gasteiger partial charge in [0.2, 0.25) is 0 Å². The second-order valence-electron chi connectivity index (χ2n) is 3.41. The number of rotatable bonds is 7. The third kappa shape index (κ3) is 3.55. The first-order valence-electron chi connectivity index (χ1n) is 5.29. The van der Waals surface area contributed by atoms with E-state index in [0.717, 1.165) is 17.7 Å². The van der Waals surface area contributed by atoms with Gasteiger partial charge in [0.1, 0.15) is 5.75 Å². The lowest BCUT2D eigenvalue weighted by atomic mass is 10.1. The molecule has 0 aliphatic carbocycles. The first-order valence-corrected chi connectivity index (χ1v) is 5.29. The van der Waals surface area contributed by atoms with Crippen LogP contribution in [0.5, 0.6) is 5.75 Å². The largest absolute Gasteiger partial charge is 0.497 e. The van der Waals surface area contributed by atoms with E-state index in [2.05, 4.69) is 13.2 Å². The quantitative estimate of drug-likeness (QED) is 0.652. The maximum Gasteiger partial charge on any atom is 0.118 e. The predicted molar refractivity (Wildman–Crippen MR) is 66.7 cm³/mol. The summed E-state index contributed by atoms with van der Waals surface area (Å²) in [7, 11) is 1.66. The van der Waals surface area contributed by atoms with Crippen molar-refractivity contribution in [3.8, 4) is 5.75 Å². The molecule has 86 valence electrons. The molecule has 0 fully saturated rings. The van der Waals surface area contributed by atoms with Gasteiger partial charge < -0.3 is 9.47 Å². The summed E-state index contributed by atoms with van der Waals surface area (Å²) in [5, 5.41) is 0. The third-order valence-electron chi connectivity index (χ3n) is 2.28. The fourth-order valence-corrected chi connectivity index (χ4v) is 1.45. The minimum atomic E-state index is 0.0430. The third-order valence-corrected chi connectivity index (χ3v) is 2.28. The number of hydrogen-bond acceptors (Lipinski definition) is 2. The van der Waals surface area contributed by atoms with Crippen LogP contribution in [0.25, 0.3) is 0 Å².